The van der Waals surface area contributed by atoms with E-state index >= 15 is 0 Å². The molecule has 0 aliphatic heterocycles. The zero-order chi connectivity index (χ0) is 22.1. The minimum atomic E-state index is -0.477. The van der Waals surface area contributed by atoms with Crippen LogP contribution in [0.15, 0.2) is 79.3 Å². The monoisotopic (exact) mass is 441 g/mol. The zero-order valence-corrected chi connectivity index (χ0v) is 17.8. The summed E-state index contributed by atoms with van der Waals surface area (Å²) in [6.07, 6.45) is 5.26. The molecule has 7 heteroatoms. The largest absolute Gasteiger partial charge is 0.340 e. The van der Waals surface area contributed by atoms with E-state index in [4.69, 9.17) is 21.6 Å². The van der Waals surface area contributed by atoms with Crippen molar-refractivity contribution in [2.75, 3.05) is 5.32 Å². The van der Waals surface area contributed by atoms with E-state index in [1.807, 2.05) is 55.6 Å². The molecule has 3 heterocycles. The van der Waals surface area contributed by atoms with Gasteiger partial charge in [-0.3, -0.25) is 9.97 Å². The predicted molar refractivity (Wildman–Crippen MR) is 125 cm³/mol. The third-order valence-electron chi connectivity index (χ3n) is 5.04. The molecule has 5 nitrogen and oxygen atoms in total. The van der Waals surface area contributed by atoms with E-state index in [1.54, 1.807) is 18.5 Å². The summed E-state index contributed by atoms with van der Waals surface area (Å²) in [5.74, 6) is 0.638. The molecular formula is C25H17ClFN5. The van der Waals surface area contributed by atoms with Crippen LogP contribution < -0.4 is 5.32 Å². The molecule has 0 spiro atoms. The lowest BCUT2D eigenvalue weighted by Crippen LogP contribution is -2.00. The Labute approximate surface area is 189 Å². The number of hydrogen-bond donors (Lipinski definition) is 1. The van der Waals surface area contributed by atoms with E-state index in [1.165, 1.54) is 12.1 Å². The van der Waals surface area contributed by atoms with E-state index in [9.17, 15) is 4.39 Å². The maximum atomic E-state index is 13.6. The van der Waals surface area contributed by atoms with Crippen LogP contribution in [0, 0.1) is 12.7 Å². The van der Waals surface area contributed by atoms with Crippen molar-refractivity contribution in [2.24, 2.45) is 0 Å². The lowest BCUT2D eigenvalue weighted by Gasteiger charge is -2.13. The molecule has 0 aliphatic carbocycles. The van der Waals surface area contributed by atoms with Gasteiger partial charge in [-0.05, 0) is 61.0 Å². The third kappa shape index (κ3) is 4.00. The molecule has 0 aliphatic rings. The lowest BCUT2D eigenvalue weighted by molar-refractivity contribution is 0.628. The van der Waals surface area contributed by atoms with Gasteiger partial charge in [0.05, 0.1) is 10.5 Å². The fourth-order valence-corrected chi connectivity index (χ4v) is 3.56. The van der Waals surface area contributed by atoms with Gasteiger partial charge >= 0.3 is 0 Å². The molecule has 0 atom stereocenters. The van der Waals surface area contributed by atoms with Gasteiger partial charge in [-0.15, -0.1) is 0 Å². The molecule has 0 saturated carbocycles. The molecule has 0 saturated heterocycles. The highest BCUT2D eigenvalue weighted by molar-refractivity contribution is 6.31. The van der Waals surface area contributed by atoms with Crippen LogP contribution in [-0.2, 0) is 0 Å². The standard InChI is InChI=1S/C25H17ClFN5/c1-15-4-5-17(14-29-15)16-6-9-23-20(11-16)25(30-19-7-8-22(27)21(26)12-19)32-24(31-23)18-3-2-10-28-13-18/h2-14H,1H3,(H,30,31,32). The number of pyridine rings is 2. The molecule has 0 bridgehead atoms. The minimum Gasteiger partial charge on any atom is -0.340 e. The number of fused-ring (bicyclic) bond motifs is 1. The minimum absolute atomic E-state index is 0.0345. The van der Waals surface area contributed by atoms with E-state index in [0.29, 0.717) is 17.3 Å². The van der Waals surface area contributed by atoms with Crippen LogP contribution in [0.4, 0.5) is 15.9 Å². The average Bonchev–Trinajstić information content (AvgIpc) is 2.82. The fourth-order valence-electron chi connectivity index (χ4n) is 3.38. The lowest BCUT2D eigenvalue weighted by atomic mass is 10.0. The van der Waals surface area contributed by atoms with Gasteiger partial charge in [0, 0.05) is 46.5 Å². The summed E-state index contributed by atoms with van der Waals surface area (Å²) in [6, 6.07) is 18.2. The Hall–Kier alpha value is -3.90. The Morgan fingerprint density at radius 3 is 2.50 bits per heavy atom. The number of hydrogen-bond acceptors (Lipinski definition) is 5. The van der Waals surface area contributed by atoms with Crippen molar-refractivity contribution in [3.8, 4) is 22.5 Å². The van der Waals surface area contributed by atoms with E-state index in [0.717, 1.165) is 33.3 Å². The summed E-state index contributed by atoms with van der Waals surface area (Å²) >= 11 is 5.98. The second-order valence-electron chi connectivity index (χ2n) is 7.31. The summed E-state index contributed by atoms with van der Waals surface area (Å²) in [7, 11) is 0. The topological polar surface area (TPSA) is 63.6 Å². The van der Waals surface area contributed by atoms with Crippen LogP contribution in [0.2, 0.25) is 5.02 Å². The Balaban J connectivity index is 1.67. The smallest absolute Gasteiger partial charge is 0.163 e. The molecule has 0 unspecified atom stereocenters. The summed E-state index contributed by atoms with van der Waals surface area (Å²) < 4.78 is 13.6. The first-order valence-corrected chi connectivity index (χ1v) is 10.3. The van der Waals surface area contributed by atoms with E-state index in [2.05, 4.69) is 15.3 Å². The van der Waals surface area contributed by atoms with E-state index < -0.39 is 5.82 Å². The van der Waals surface area contributed by atoms with Gasteiger partial charge in [-0.2, -0.15) is 0 Å². The number of benzene rings is 2. The van der Waals surface area contributed by atoms with Crippen LogP contribution in [-0.4, -0.2) is 19.9 Å². The summed E-state index contributed by atoms with van der Waals surface area (Å²) in [5.41, 5.74) is 5.11. The van der Waals surface area contributed by atoms with Crippen LogP contribution >= 0.6 is 11.6 Å². The number of anilines is 2. The maximum Gasteiger partial charge on any atom is 0.163 e. The van der Waals surface area contributed by atoms with Gasteiger partial charge in [0.25, 0.3) is 0 Å². The SMILES string of the molecule is Cc1ccc(-c2ccc3nc(-c4cccnc4)nc(Nc4ccc(F)c(Cl)c4)c3c2)cn1. The zero-order valence-electron chi connectivity index (χ0n) is 17.1. The molecule has 5 rings (SSSR count). The summed E-state index contributed by atoms with van der Waals surface area (Å²) in [4.78, 5) is 18.1. The maximum absolute atomic E-state index is 13.6. The second kappa shape index (κ2) is 8.32. The molecule has 156 valence electrons. The van der Waals surface area contributed by atoms with Crippen LogP contribution in [0.25, 0.3) is 33.4 Å². The first kappa shape index (κ1) is 20.0. The number of nitrogens with one attached hydrogen (secondary N) is 1. The highest BCUT2D eigenvalue weighted by Crippen LogP contribution is 2.32. The third-order valence-corrected chi connectivity index (χ3v) is 5.33. The summed E-state index contributed by atoms with van der Waals surface area (Å²) in [5, 5.41) is 4.13. The van der Waals surface area contributed by atoms with Crippen LogP contribution in [0.1, 0.15) is 5.69 Å². The molecule has 1 N–H and O–H groups in total. The Kier molecular flexibility index (Phi) is 5.21. The first-order chi connectivity index (χ1) is 15.6. The molecular weight excluding hydrogens is 425 g/mol. The Bertz CT molecular complexity index is 1420. The molecule has 0 fully saturated rings. The predicted octanol–water partition coefficient (Wildman–Crippen LogP) is 6.60. The molecule has 0 amide bonds. The number of nitrogens with zero attached hydrogens (tertiary/aromatic N) is 4. The van der Waals surface area contributed by atoms with Gasteiger partial charge in [-0.1, -0.05) is 23.7 Å². The molecule has 5 aromatic rings. The number of aryl methyl sites for hydroxylation is 1. The molecule has 32 heavy (non-hydrogen) atoms. The van der Waals surface area contributed by atoms with Crippen molar-refractivity contribution in [1.29, 1.82) is 0 Å². The van der Waals surface area contributed by atoms with Crippen molar-refractivity contribution in [3.05, 3.63) is 95.8 Å². The van der Waals surface area contributed by atoms with Crippen molar-refractivity contribution in [2.45, 2.75) is 6.92 Å². The Morgan fingerprint density at radius 1 is 0.875 bits per heavy atom. The first-order valence-electron chi connectivity index (χ1n) is 9.94. The van der Waals surface area contributed by atoms with Crippen LogP contribution in [0.3, 0.4) is 0 Å². The molecule has 2 aromatic carbocycles. The van der Waals surface area contributed by atoms with Crippen molar-refractivity contribution < 1.29 is 4.39 Å². The number of halogens is 2. The highest BCUT2D eigenvalue weighted by atomic mass is 35.5. The number of aromatic nitrogens is 4. The van der Waals surface area contributed by atoms with Crippen molar-refractivity contribution in [3.63, 3.8) is 0 Å². The van der Waals surface area contributed by atoms with Crippen molar-refractivity contribution in [1.82, 2.24) is 19.9 Å². The quantitative estimate of drug-likeness (QED) is 0.340. The van der Waals surface area contributed by atoms with Gasteiger partial charge in [0.2, 0.25) is 0 Å². The van der Waals surface area contributed by atoms with Gasteiger partial charge in [0.15, 0.2) is 5.82 Å². The van der Waals surface area contributed by atoms with E-state index in [-0.39, 0.29) is 5.02 Å². The second-order valence-corrected chi connectivity index (χ2v) is 7.72. The van der Waals surface area contributed by atoms with Gasteiger partial charge in [-0.25, -0.2) is 14.4 Å². The van der Waals surface area contributed by atoms with Crippen LogP contribution in [0.5, 0.6) is 0 Å². The summed E-state index contributed by atoms with van der Waals surface area (Å²) in [6.45, 7) is 1.95. The average molecular weight is 442 g/mol. The number of rotatable bonds is 4. The highest BCUT2D eigenvalue weighted by Gasteiger charge is 2.12. The molecule has 0 radical (unpaired) electrons. The van der Waals surface area contributed by atoms with Gasteiger partial charge in [0.1, 0.15) is 11.6 Å². The normalized spacial score (nSPS) is 11.0. The fraction of sp³-hybridized carbons (Fsp3) is 0.0400. The van der Waals surface area contributed by atoms with Gasteiger partial charge < -0.3 is 5.32 Å². The Morgan fingerprint density at radius 2 is 1.75 bits per heavy atom. The van der Waals surface area contributed by atoms with Crippen molar-refractivity contribution >= 4 is 34.0 Å². The molecule has 3 aromatic heterocycles.